The molecule has 2 aromatic rings. The molecular formula is C15H13NO6S. The van der Waals surface area contributed by atoms with Gasteiger partial charge >= 0.3 is 0 Å². The average molecular weight is 335 g/mol. The fourth-order valence-corrected chi connectivity index (χ4v) is 3.42. The first-order valence-electron chi connectivity index (χ1n) is 7.08. The van der Waals surface area contributed by atoms with Crippen molar-refractivity contribution in [1.29, 1.82) is 0 Å². The lowest BCUT2D eigenvalue weighted by atomic mass is 10.0. The van der Waals surface area contributed by atoms with Crippen molar-refractivity contribution in [1.82, 2.24) is 5.16 Å². The molecular weight excluding hydrogens is 322 g/mol. The molecule has 4 rings (SSSR count). The van der Waals surface area contributed by atoms with E-state index in [1.165, 1.54) is 12.3 Å². The minimum Gasteiger partial charge on any atom is -0.453 e. The van der Waals surface area contributed by atoms with E-state index in [1.807, 2.05) is 0 Å². The second-order valence-electron chi connectivity index (χ2n) is 5.66. The smallest absolute Gasteiger partial charge is 0.231 e. The number of hydrogen-bond acceptors (Lipinski definition) is 7. The van der Waals surface area contributed by atoms with E-state index in [1.54, 1.807) is 6.07 Å². The largest absolute Gasteiger partial charge is 0.453 e. The molecule has 0 N–H and O–H groups in total. The maximum atomic E-state index is 12.3. The Bertz CT molecular complexity index is 910. The summed E-state index contributed by atoms with van der Waals surface area (Å²) in [7, 11) is -3.46. The van der Waals surface area contributed by atoms with Crippen molar-refractivity contribution < 1.29 is 27.2 Å². The molecule has 23 heavy (non-hydrogen) atoms. The number of hydrogen-bond donors (Lipinski definition) is 0. The van der Waals surface area contributed by atoms with Gasteiger partial charge in [-0.15, -0.1) is 0 Å². The number of rotatable bonds is 4. The zero-order valence-corrected chi connectivity index (χ0v) is 13.1. The van der Waals surface area contributed by atoms with E-state index in [0.717, 1.165) is 19.1 Å². The molecule has 0 bridgehead atoms. The molecule has 0 atom stereocenters. The van der Waals surface area contributed by atoms with Gasteiger partial charge in [0.2, 0.25) is 6.79 Å². The predicted octanol–water partition coefficient (Wildman–Crippen LogP) is 2.07. The molecule has 1 fully saturated rings. The summed E-state index contributed by atoms with van der Waals surface area (Å²) in [5, 5.41) is 3.72. The van der Waals surface area contributed by atoms with Crippen molar-refractivity contribution in [2.45, 2.75) is 17.7 Å². The van der Waals surface area contributed by atoms with Crippen LogP contribution in [0.5, 0.6) is 11.5 Å². The van der Waals surface area contributed by atoms with Gasteiger partial charge in [0, 0.05) is 12.2 Å². The van der Waals surface area contributed by atoms with E-state index in [0.29, 0.717) is 11.1 Å². The van der Waals surface area contributed by atoms with Crippen LogP contribution in [0.2, 0.25) is 0 Å². The van der Waals surface area contributed by atoms with Crippen molar-refractivity contribution in [2.24, 2.45) is 5.92 Å². The van der Waals surface area contributed by atoms with E-state index in [9.17, 15) is 13.2 Å². The highest BCUT2D eigenvalue weighted by Gasteiger charge is 2.35. The monoisotopic (exact) mass is 335 g/mol. The average Bonchev–Trinajstić information content (AvgIpc) is 3.04. The highest BCUT2D eigenvalue weighted by Crippen LogP contribution is 2.47. The molecule has 0 amide bonds. The number of Topliss-reactive ketones (excluding diaryl/α,β-unsaturated/α-hetero) is 1. The number of sulfone groups is 1. The van der Waals surface area contributed by atoms with E-state index in [4.69, 9.17) is 14.0 Å². The summed E-state index contributed by atoms with van der Waals surface area (Å²) in [5.74, 6) is 0.694. The summed E-state index contributed by atoms with van der Waals surface area (Å²) in [4.78, 5) is 12.4. The number of carbonyl (C=O) groups excluding carboxylic acids is 1. The van der Waals surface area contributed by atoms with Crippen molar-refractivity contribution in [2.75, 3.05) is 13.0 Å². The van der Waals surface area contributed by atoms with Crippen LogP contribution in [-0.2, 0) is 9.84 Å². The highest BCUT2D eigenvalue weighted by atomic mass is 32.2. The van der Waals surface area contributed by atoms with Crippen molar-refractivity contribution >= 4 is 15.6 Å². The Balaban J connectivity index is 1.87. The summed E-state index contributed by atoms with van der Waals surface area (Å²) in [6.07, 6.45) is 4.23. The van der Waals surface area contributed by atoms with Gasteiger partial charge in [-0.1, -0.05) is 5.16 Å². The molecule has 120 valence electrons. The number of nitrogens with zero attached hydrogens (tertiary/aromatic N) is 1. The van der Waals surface area contributed by atoms with E-state index in [2.05, 4.69) is 5.16 Å². The summed E-state index contributed by atoms with van der Waals surface area (Å²) >= 11 is 0. The number of fused-ring (bicyclic) bond motifs is 1. The van der Waals surface area contributed by atoms with Gasteiger partial charge in [-0.2, -0.15) is 0 Å². The summed E-state index contributed by atoms with van der Waals surface area (Å²) < 4.78 is 39.6. The first kappa shape index (κ1) is 14.3. The molecule has 2 heterocycles. The van der Waals surface area contributed by atoms with Gasteiger partial charge in [0.05, 0.1) is 17.3 Å². The Morgan fingerprint density at radius 1 is 1.22 bits per heavy atom. The van der Waals surface area contributed by atoms with Crippen LogP contribution in [0.1, 0.15) is 23.2 Å². The quantitative estimate of drug-likeness (QED) is 0.789. The minimum absolute atomic E-state index is 0.0129. The van der Waals surface area contributed by atoms with Crippen LogP contribution in [0.15, 0.2) is 27.7 Å². The molecule has 1 aliphatic heterocycles. The summed E-state index contributed by atoms with van der Waals surface area (Å²) in [6, 6.07) is 2.97. The van der Waals surface area contributed by atoms with E-state index in [-0.39, 0.29) is 40.6 Å². The van der Waals surface area contributed by atoms with Crippen LogP contribution in [0.25, 0.3) is 11.3 Å². The minimum atomic E-state index is -3.46. The standard InChI is InChI=1S/C15H13NO6S/c1-23(18,19)11-5-4-9(14-15(11)21-7-20-14)13-10(6-16-22-13)12(17)8-2-3-8/h4-6,8H,2-3,7H2,1H3. The molecule has 0 spiro atoms. The molecule has 0 unspecified atom stereocenters. The van der Waals surface area contributed by atoms with Gasteiger partial charge in [0.25, 0.3) is 0 Å². The number of benzene rings is 1. The molecule has 1 aromatic heterocycles. The predicted molar refractivity (Wildman–Crippen MR) is 78.2 cm³/mol. The van der Waals surface area contributed by atoms with Crippen LogP contribution in [0.4, 0.5) is 0 Å². The Kier molecular flexibility index (Phi) is 2.99. The number of ether oxygens (including phenoxy) is 2. The topological polar surface area (TPSA) is 95.7 Å². The van der Waals surface area contributed by atoms with Gasteiger partial charge in [-0.3, -0.25) is 4.79 Å². The summed E-state index contributed by atoms with van der Waals surface area (Å²) in [5.41, 5.74) is 0.851. The van der Waals surface area contributed by atoms with Crippen LogP contribution < -0.4 is 9.47 Å². The normalized spacial score (nSPS) is 16.6. The Morgan fingerprint density at radius 2 is 1.96 bits per heavy atom. The fourth-order valence-electron chi connectivity index (χ4n) is 2.62. The Labute approximate surface area is 132 Å². The third kappa shape index (κ3) is 2.29. The van der Waals surface area contributed by atoms with Crippen LogP contribution >= 0.6 is 0 Å². The van der Waals surface area contributed by atoms with Gasteiger partial charge < -0.3 is 14.0 Å². The van der Waals surface area contributed by atoms with Crippen molar-refractivity contribution in [3.8, 4) is 22.8 Å². The van der Waals surface area contributed by atoms with Crippen LogP contribution in [-0.4, -0.2) is 32.4 Å². The third-order valence-corrected chi connectivity index (χ3v) is 5.03. The molecule has 1 aromatic carbocycles. The first-order chi connectivity index (χ1) is 11.0. The lowest BCUT2D eigenvalue weighted by Crippen LogP contribution is -2.02. The molecule has 1 aliphatic carbocycles. The van der Waals surface area contributed by atoms with Gasteiger partial charge in [-0.25, -0.2) is 8.42 Å². The molecule has 2 aliphatic rings. The highest BCUT2D eigenvalue weighted by molar-refractivity contribution is 7.90. The van der Waals surface area contributed by atoms with Crippen molar-refractivity contribution in [3.63, 3.8) is 0 Å². The molecule has 0 saturated heterocycles. The third-order valence-electron chi connectivity index (χ3n) is 3.91. The zero-order valence-electron chi connectivity index (χ0n) is 12.2. The second kappa shape index (κ2) is 4.82. The SMILES string of the molecule is CS(=O)(=O)c1ccc(-c2oncc2C(=O)C2CC2)c2c1OCO2. The second-order valence-corrected chi connectivity index (χ2v) is 7.64. The van der Waals surface area contributed by atoms with Crippen LogP contribution in [0, 0.1) is 5.92 Å². The lowest BCUT2D eigenvalue weighted by Gasteiger charge is -2.07. The number of carbonyl (C=O) groups is 1. The molecule has 7 nitrogen and oxygen atoms in total. The Morgan fingerprint density at radius 3 is 2.65 bits per heavy atom. The molecule has 8 heteroatoms. The maximum Gasteiger partial charge on any atom is 0.231 e. The Hall–Kier alpha value is -2.35. The van der Waals surface area contributed by atoms with E-state index >= 15 is 0 Å². The number of aromatic nitrogens is 1. The van der Waals surface area contributed by atoms with Gasteiger partial charge in [0.15, 0.2) is 32.9 Å². The first-order valence-corrected chi connectivity index (χ1v) is 8.98. The molecule has 1 saturated carbocycles. The summed E-state index contributed by atoms with van der Waals surface area (Å²) in [6.45, 7) is -0.0884. The van der Waals surface area contributed by atoms with Crippen molar-refractivity contribution in [3.05, 3.63) is 23.9 Å². The zero-order chi connectivity index (χ0) is 16.2. The molecule has 0 radical (unpaired) electrons. The fraction of sp³-hybridized carbons (Fsp3) is 0.333. The van der Waals surface area contributed by atoms with E-state index < -0.39 is 9.84 Å². The number of ketones is 1. The van der Waals surface area contributed by atoms with Gasteiger partial charge in [-0.05, 0) is 25.0 Å². The lowest BCUT2D eigenvalue weighted by molar-refractivity contribution is 0.0968. The maximum absolute atomic E-state index is 12.3. The van der Waals surface area contributed by atoms with Gasteiger partial charge in [0.1, 0.15) is 4.90 Å². The van der Waals surface area contributed by atoms with Crippen LogP contribution in [0.3, 0.4) is 0 Å².